The summed E-state index contributed by atoms with van der Waals surface area (Å²) in [5.74, 6) is 5.18. The average Bonchev–Trinajstić information content (AvgIpc) is 2.33. The minimum atomic E-state index is -0.303. The van der Waals surface area contributed by atoms with Crippen LogP contribution in [-0.4, -0.2) is 17.9 Å². The Kier molecular flexibility index (Phi) is 17.6. The van der Waals surface area contributed by atoms with Gasteiger partial charge in [0.15, 0.2) is 0 Å². The van der Waals surface area contributed by atoms with Gasteiger partial charge in [0.1, 0.15) is 0 Å². The maximum Gasteiger partial charge on any atom is 0.331 e. The Morgan fingerprint density at radius 3 is 2.56 bits per heavy atom. The molecule has 0 saturated heterocycles. The highest BCUT2D eigenvalue weighted by Gasteiger charge is 1.95. The molecular weight excluding hydrogens is 294 g/mol. The molecule has 0 fully saturated rings. The molecule has 0 amide bonds. The van der Waals surface area contributed by atoms with E-state index in [9.17, 15) is 4.79 Å². The van der Waals surface area contributed by atoms with Crippen molar-refractivity contribution in [3.8, 4) is 11.8 Å². The van der Waals surface area contributed by atoms with Crippen LogP contribution in [0.1, 0.15) is 45.4 Å². The fraction of sp³-hybridized carbons (Fsp3) is 0.643. The molecule has 0 aromatic rings. The number of halogens is 1. The van der Waals surface area contributed by atoms with Crippen molar-refractivity contribution in [3.05, 3.63) is 12.2 Å². The molecule has 0 spiro atoms. The lowest BCUT2D eigenvalue weighted by molar-refractivity contribution is -0.137. The van der Waals surface area contributed by atoms with Crippen molar-refractivity contribution in [2.45, 2.75) is 45.4 Å². The lowest BCUT2D eigenvalue weighted by atomic mass is 10.1. The van der Waals surface area contributed by atoms with Gasteiger partial charge in [-0.3, -0.25) is 0 Å². The van der Waals surface area contributed by atoms with Gasteiger partial charge < -0.3 is 10.9 Å². The molecule has 0 unspecified atom stereocenters. The number of esters is 1. The number of hydrogen-bond donors (Lipinski definition) is 1. The van der Waals surface area contributed by atoms with Gasteiger partial charge in [-0.05, 0) is 12.5 Å². The van der Waals surface area contributed by atoms with Crippen LogP contribution in [0.5, 0.6) is 0 Å². The van der Waals surface area contributed by atoms with Gasteiger partial charge in [0, 0.05) is 6.08 Å². The third-order valence-corrected chi connectivity index (χ3v) is 2.49. The quantitative estimate of drug-likeness (QED) is 0.239. The second kappa shape index (κ2) is 16.2. The minimum absolute atomic E-state index is 0. The van der Waals surface area contributed by atoms with Gasteiger partial charge in [-0.1, -0.05) is 66.8 Å². The fourth-order valence-electron chi connectivity index (χ4n) is 1.31. The lowest BCUT2D eigenvalue weighted by Crippen LogP contribution is -2.02. The van der Waals surface area contributed by atoms with Crippen molar-refractivity contribution >= 4 is 21.9 Å². The van der Waals surface area contributed by atoms with E-state index in [1.807, 2.05) is 0 Å². The molecule has 18 heavy (non-hydrogen) atoms. The average molecular weight is 319 g/mol. The summed E-state index contributed by atoms with van der Waals surface area (Å²) in [7, 11) is 0. The molecule has 0 aromatic carbocycles. The molecule has 0 aliphatic rings. The third kappa shape index (κ3) is 15.2. The molecule has 0 aliphatic heterocycles. The highest BCUT2D eigenvalue weighted by atomic mass is 79.9. The van der Waals surface area contributed by atoms with Crippen molar-refractivity contribution in [2.75, 3.05) is 11.9 Å². The van der Waals surface area contributed by atoms with Gasteiger partial charge in [-0.25, -0.2) is 4.79 Å². The van der Waals surface area contributed by atoms with Crippen LogP contribution in [-0.2, 0) is 9.53 Å². The number of rotatable bonds is 8. The van der Waals surface area contributed by atoms with E-state index >= 15 is 0 Å². The van der Waals surface area contributed by atoms with Crippen molar-refractivity contribution in [1.82, 2.24) is 6.15 Å². The SMILES string of the molecule is CCCCCCCCOC(=O)/C=C/C#CCBr.[NH4+]. The van der Waals surface area contributed by atoms with Crippen LogP contribution in [0.2, 0.25) is 0 Å². The molecule has 4 heteroatoms. The monoisotopic (exact) mass is 318 g/mol. The number of unbranched alkanes of at least 4 members (excludes halogenated alkanes) is 5. The van der Waals surface area contributed by atoms with E-state index < -0.39 is 0 Å². The zero-order valence-corrected chi connectivity index (χ0v) is 13.1. The van der Waals surface area contributed by atoms with Gasteiger partial charge in [-0.2, -0.15) is 0 Å². The smallest absolute Gasteiger partial charge is 0.331 e. The molecule has 4 N–H and O–H groups in total. The molecule has 0 saturated carbocycles. The Hall–Kier alpha value is -0.790. The Morgan fingerprint density at radius 2 is 1.89 bits per heavy atom. The topological polar surface area (TPSA) is 62.8 Å². The summed E-state index contributed by atoms with van der Waals surface area (Å²) in [6.07, 6.45) is 10.1. The zero-order valence-electron chi connectivity index (χ0n) is 11.5. The highest BCUT2D eigenvalue weighted by Crippen LogP contribution is 2.04. The molecule has 104 valence electrons. The number of hydrogen-bond acceptors (Lipinski definition) is 2. The van der Waals surface area contributed by atoms with Crippen molar-refractivity contribution in [2.24, 2.45) is 0 Å². The molecule has 0 radical (unpaired) electrons. The summed E-state index contributed by atoms with van der Waals surface area (Å²) in [4.78, 5) is 11.2. The van der Waals surface area contributed by atoms with Crippen LogP contribution in [0.25, 0.3) is 0 Å². The lowest BCUT2D eigenvalue weighted by Gasteiger charge is -2.01. The molecule has 0 atom stereocenters. The molecule has 3 nitrogen and oxygen atoms in total. The van der Waals surface area contributed by atoms with Crippen molar-refractivity contribution < 1.29 is 9.53 Å². The van der Waals surface area contributed by atoms with Gasteiger partial charge in [-0.15, -0.1) is 0 Å². The van der Waals surface area contributed by atoms with Gasteiger partial charge in [0.05, 0.1) is 11.9 Å². The first kappa shape index (κ1) is 19.5. The van der Waals surface area contributed by atoms with Gasteiger partial charge in [0.25, 0.3) is 0 Å². The van der Waals surface area contributed by atoms with E-state index in [2.05, 4.69) is 34.7 Å². The summed E-state index contributed by atoms with van der Waals surface area (Å²) >= 11 is 3.17. The van der Waals surface area contributed by atoms with Crippen molar-refractivity contribution in [1.29, 1.82) is 0 Å². The Balaban J connectivity index is 0. The van der Waals surface area contributed by atoms with E-state index in [1.54, 1.807) is 0 Å². The molecule has 0 bridgehead atoms. The number of alkyl halides is 1. The standard InChI is InChI=1S/C14H21BrO2.H3N/c1-2-3-4-5-6-10-13-17-14(16)11-8-7-9-12-15;/h8,11H,2-6,10,12-13H2,1H3;1H3/p+1/b11-8+;. The highest BCUT2D eigenvalue weighted by molar-refractivity contribution is 9.09. The normalized spacial score (nSPS) is 9.44. The summed E-state index contributed by atoms with van der Waals surface area (Å²) in [5.41, 5.74) is 0. The van der Waals surface area contributed by atoms with E-state index in [0.717, 1.165) is 12.8 Å². The molecular formula is C14H25BrNO2+. The first-order valence-corrected chi connectivity index (χ1v) is 7.31. The number of carbonyl (C=O) groups is 1. The number of ether oxygens (including phenoxy) is 1. The second-order valence-corrected chi connectivity index (χ2v) is 4.28. The van der Waals surface area contributed by atoms with Crippen LogP contribution < -0.4 is 6.15 Å². The predicted molar refractivity (Wildman–Crippen MR) is 81.0 cm³/mol. The van der Waals surface area contributed by atoms with Gasteiger partial charge in [0.2, 0.25) is 0 Å². The van der Waals surface area contributed by atoms with Crippen LogP contribution >= 0.6 is 15.9 Å². The molecule has 0 aliphatic carbocycles. The van der Waals surface area contributed by atoms with E-state index in [1.165, 1.54) is 37.8 Å². The Bertz CT molecular complexity index is 279. The second-order valence-electron chi connectivity index (χ2n) is 3.72. The summed E-state index contributed by atoms with van der Waals surface area (Å²) in [6, 6.07) is 0. The zero-order chi connectivity index (χ0) is 12.8. The Labute approximate surface area is 119 Å². The number of quaternary nitrogens is 1. The van der Waals surface area contributed by atoms with Crippen LogP contribution in [0.3, 0.4) is 0 Å². The van der Waals surface area contributed by atoms with Crippen molar-refractivity contribution in [3.63, 3.8) is 0 Å². The minimum Gasteiger partial charge on any atom is -0.463 e. The van der Waals surface area contributed by atoms with E-state index in [4.69, 9.17) is 4.74 Å². The van der Waals surface area contributed by atoms with Crippen LogP contribution in [0.4, 0.5) is 0 Å². The van der Waals surface area contributed by atoms with Crippen LogP contribution in [0.15, 0.2) is 12.2 Å². The molecule has 0 heterocycles. The first-order chi connectivity index (χ1) is 8.31. The maximum atomic E-state index is 11.2. The third-order valence-electron chi connectivity index (χ3n) is 2.21. The number of carbonyl (C=O) groups excluding carboxylic acids is 1. The predicted octanol–water partition coefficient (Wildman–Crippen LogP) is 4.22. The summed E-state index contributed by atoms with van der Waals surface area (Å²) in [6.45, 7) is 2.72. The summed E-state index contributed by atoms with van der Waals surface area (Å²) < 4.78 is 5.02. The Morgan fingerprint density at radius 1 is 1.22 bits per heavy atom. The van der Waals surface area contributed by atoms with Crippen LogP contribution in [0, 0.1) is 11.8 Å². The first-order valence-electron chi connectivity index (χ1n) is 6.19. The van der Waals surface area contributed by atoms with Gasteiger partial charge >= 0.3 is 5.97 Å². The fourth-order valence-corrected chi connectivity index (χ4v) is 1.47. The molecule has 0 rings (SSSR count). The summed E-state index contributed by atoms with van der Waals surface area (Å²) in [5, 5.41) is 0.615. The molecule has 0 aromatic heterocycles. The van der Waals surface area contributed by atoms with E-state index in [-0.39, 0.29) is 12.1 Å². The van der Waals surface area contributed by atoms with E-state index in [0.29, 0.717) is 11.9 Å². The number of allylic oxidation sites excluding steroid dienone is 1. The largest absolute Gasteiger partial charge is 0.463 e. The maximum absolute atomic E-state index is 11.2.